The summed E-state index contributed by atoms with van der Waals surface area (Å²) in [5.41, 5.74) is 1.98. The van der Waals surface area contributed by atoms with Crippen LogP contribution in [0, 0.1) is 0 Å². The highest BCUT2D eigenvalue weighted by Gasteiger charge is 2.06. The van der Waals surface area contributed by atoms with Crippen LogP contribution in [0.1, 0.15) is 18.4 Å². The number of carbonyl (C=O) groups is 1. The number of aryl methyl sites for hydroxylation is 1. The van der Waals surface area contributed by atoms with E-state index in [-0.39, 0.29) is 5.91 Å². The summed E-state index contributed by atoms with van der Waals surface area (Å²) in [5.74, 6) is 0.703. The number of anilines is 1. The van der Waals surface area contributed by atoms with Gasteiger partial charge in [0, 0.05) is 6.42 Å². The number of nitrogens with one attached hydrogen (secondary N) is 1. The summed E-state index contributed by atoms with van der Waals surface area (Å²) in [6.07, 6.45) is 2.26. The van der Waals surface area contributed by atoms with Crippen molar-refractivity contribution in [1.29, 1.82) is 0 Å². The molecule has 1 amide bonds. The summed E-state index contributed by atoms with van der Waals surface area (Å²) in [5, 5.41) is 2.88. The Labute approximate surface area is 119 Å². The second-order valence-corrected chi connectivity index (χ2v) is 4.59. The Morgan fingerprint density at radius 3 is 2.50 bits per heavy atom. The topological polar surface area (TPSA) is 38.3 Å². The van der Waals surface area contributed by atoms with Crippen molar-refractivity contribution in [2.24, 2.45) is 0 Å². The van der Waals surface area contributed by atoms with Crippen molar-refractivity contribution in [2.75, 3.05) is 12.4 Å². The monoisotopic (exact) mass is 269 g/mol. The average molecular weight is 269 g/mol. The number of para-hydroxylation sites is 2. The fraction of sp³-hybridized carbons (Fsp3) is 0.235. The molecule has 104 valence electrons. The van der Waals surface area contributed by atoms with Gasteiger partial charge >= 0.3 is 0 Å². The molecule has 0 bridgehead atoms. The van der Waals surface area contributed by atoms with Gasteiger partial charge in [0.25, 0.3) is 0 Å². The highest BCUT2D eigenvalue weighted by molar-refractivity contribution is 5.92. The van der Waals surface area contributed by atoms with Crippen molar-refractivity contribution in [3.05, 3.63) is 60.2 Å². The summed E-state index contributed by atoms with van der Waals surface area (Å²) in [7, 11) is 1.60. The zero-order valence-corrected chi connectivity index (χ0v) is 11.6. The third-order valence-electron chi connectivity index (χ3n) is 3.09. The van der Waals surface area contributed by atoms with Crippen molar-refractivity contribution in [3.63, 3.8) is 0 Å². The molecule has 0 fully saturated rings. The first-order chi connectivity index (χ1) is 9.79. The number of rotatable bonds is 6. The molecule has 0 aliphatic carbocycles. The van der Waals surface area contributed by atoms with Gasteiger partial charge in [0.05, 0.1) is 12.8 Å². The Hall–Kier alpha value is -2.29. The number of hydrogen-bond donors (Lipinski definition) is 1. The molecular weight excluding hydrogens is 250 g/mol. The quantitative estimate of drug-likeness (QED) is 0.869. The highest BCUT2D eigenvalue weighted by atomic mass is 16.5. The van der Waals surface area contributed by atoms with E-state index in [1.807, 2.05) is 42.5 Å². The van der Waals surface area contributed by atoms with Crippen LogP contribution in [-0.2, 0) is 11.2 Å². The van der Waals surface area contributed by atoms with Gasteiger partial charge in [-0.3, -0.25) is 4.79 Å². The van der Waals surface area contributed by atoms with Gasteiger partial charge in [-0.2, -0.15) is 0 Å². The first-order valence-electron chi connectivity index (χ1n) is 6.76. The van der Waals surface area contributed by atoms with Crippen LogP contribution in [0.2, 0.25) is 0 Å². The van der Waals surface area contributed by atoms with Gasteiger partial charge in [-0.05, 0) is 30.5 Å². The zero-order valence-electron chi connectivity index (χ0n) is 11.6. The molecule has 3 nitrogen and oxygen atoms in total. The van der Waals surface area contributed by atoms with Gasteiger partial charge in [0.2, 0.25) is 5.91 Å². The number of methoxy groups -OCH3 is 1. The number of ether oxygens (including phenoxy) is 1. The minimum absolute atomic E-state index is 0.0189. The summed E-state index contributed by atoms with van der Waals surface area (Å²) in [6, 6.07) is 17.6. The number of hydrogen-bond acceptors (Lipinski definition) is 2. The van der Waals surface area contributed by atoms with Gasteiger partial charge in [0.1, 0.15) is 5.75 Å². The van der Waals surface area contributed by atoms with E-state index in [4.69, 9.17) is 4.74 Å². The summed E-state index contributed by atoms with van der Waals surface area (Å²) in [4.78, 5) is 11.9. The van der Waals surface area contributed by atoms with E-state index in [1.165, 1.54) is 5.56 Å². The van der Waals surface area contributed by atoms with Crippen LogP contribution < -0.4 is 10.1 Å². The molecule has 0 radical (unpaired) electrons. The molecule has 2 aromatic carbocycles. The van der Waals surface area contributed by atoms with Crippen molar-refractivity contribution >= 4 is 11.6 Å². The van der Waals surface area contributed by atoms with Crippen LogP contribution in [0.5, 0.6) is 5.75 Å². The largest absolute Gasteiger partial charge is 0.495 e. The van der Waals surface area contributed by atoms with Gasteiger partial charge in [-0.15, -0.1) is 0 Å². The lowest BCUT2D eigenvalue weighted by Gasteiger charge is -2.09. The molecule has 0 saturated carbocycles. The van der Waals surface area contributed by atoms with E-state index in [0.717, 1.165) is 18.5 Å². The Morgan fingerprint density at radius 2 is 1.75 bits per heavy atom. The minimum atomic E-state index is 0.0189. The van der Waals surface area contributed by atoms with Gasteiger partial charge in [-0.1, -0.05) is 42.5 Å². The van der Waals surface area contributed by atoms with Gasteiger partial charge in [-0.25, -0.2) is 0 Å². The first-order valence-corrected chi connectivity index (χ1v) is 6.76. The highest BCUT2D eigenvalue weighted by Crippen LogP contribution is 2.23. The Kier molecular flexibility index (Phi) is 5.18. The first kappa shape index (κ1) is 14.1. The van der Waals surface area contributed by atoms with Crippen LogP contribution in [-0.4, -0.2) is 13.0 Å². The van der Waals surface area contributed by atoms with Gasteiger partial charge in [0.15, 0.2) is 0 Å². The molecule has 0 spiro atoms. The van der Waals surface area contributed by atoms with Crippen LogP contribution in [0.3, 0.4) is 0 Å². The molecule has 0 aliphatic rings. The Balaban J connectivity index is 1.81. The lowest BCUT2D eigenvalue weighted by molar-refractivity contribution is -0.116. The number of amides is 1. The molecular formula is C17H19NO2. The second kappa shape index (κ2) is 7.34. The third kappa shape index (κ3) is 4.12. The van der Waals surface area contributed by atoms with E-state index in [2.05, 4.69) is 17.4 Å². The maximum Gasteiger partial charge on any atom is 0.224 e. The Bertz CT molecular complexity index is 552. The maximum absolute atomic E-state index is 11.9. The smallest absolute Gasteiger partial charge is 0.224 e. The molecule has 0 heterocycles. The van der Waals surface area contributed by atoms with E-state index < -0.39 is 0 Å². The summed E-state index contributed by atoms with van der Waals surface area (Å²) < 4.78 is 5.21. The minimum Gasteiger partial charge on any atom is -0.495 e. The Morgan fingerprint density at radius 1 is 1.05 bits per heavy atom. The lowest BCUT2D eigenvalue weighted by atomic mass is 10.1. The third-order valence-corrected chi connectivity index (χ3v) is 3.09. The van der Waals surface area contributed by atoms with E-state index in [1.54, 1.807) is 7.11 Å². The van der Waals surface area contributed by atoms with Crippen molar-refractivity contribution in [2.45, 2.75) is 19.3 Å². The fourth-order valence-electron chi connectivity index (χ4n) is 2.06. The molecule has 0 aliphatic heterocycles. The molecule has 0 unspecified atom stereocenters. The van der Waals surface area contributed by atoms with E-state index in [0.29, 0.717) is 12.2 Å². The fourth-order valence-corrected chi connectivity index (χ4v) is 2.06. The summed E-state index contributed by atoms with van der Waals surface area (Å²) in [6.45, 7) is 0. The molecule has 3 heteroatoms. The molecule has 0 saturated heterocycles. The second-order valence-electron chi connectivity index (χ2n) is 4.59. The van der Waals surface area contributed by atoms with Crippen LogP contribution in [0.25, 0.3) is 0 Å². The van der Waals surface area contributed by atoms with Gasteiger partial charge < -0.3 is 10.1 Å². The maximum atomic E-state index is 11.9. The molecule has 20 heavy (non-hydrogen) atoms. The molecule has 1 N–H and O–H groups in total. The summed E-state index contributed by atoms with van der Waals surface area (Å²) >= 11 is 0. The molecule has 2 aromatic rings. The number of carbonyl (C=O) groups excluding carboxylic acids is 1. The normalized spacial score (nSPS) is 10.1. The molecule has 0 aromatic heterocycles. The average Bonchev–Trinajstić information content (AvgIpc) is 2.49. The standard InChI is InChI=1S/C17H19NO2/c1-20-16-12-6-5-11-15(16)18-17(19)13-7-10-14-8-3-2-4-9-14/h2-6,8-9,11-12H,7,10,13H2,1H3,(H,18,19). The van der Waals surface area contributed by atoms with E-state index in [9.17, 15) is 4.79 Å². The molecule has 0 atom stereocenters. The molecule has 2 rings (SSSR count). The predicted molar refractivity (Wildman–Crippen MR) is 81.0 cm³/mol. The van der Waals surface area contributed by atoms with Crippen molar-refractivity contribution < 1.29 is 9.53 Å². The van der Waals surface area contributed by atoms with Crippen LogP contribution in [0.4, 0.5) is 5.69 Å². The number of benzene rings is 2. The zero-order chi connectivity index (χ0) is 14.2. The van der Waals surface area contributed by atoms with E-state index >= 15 is 0 Å². The van der Waals surface area contributed by atoms with Crippen molar-refractivity contribution in [3.8, 4) is 5.75 Å². The SMILES string of the molecule is COc1ccccc1NC(=O)CCCc1ccccc1. The van der Waals surface area contributed by atoms with Crippen LogP contribution in [0.15, 0.2) is 54.6 Å². The predicted octanol–water partition coefficient (Wildman–Crippen LogP) is 3.66. The van der Waals surface area contributed by atoms with Crippen LogP contribution >= 0.6 is 0 Å². The lowest BCUT2D eigenvalue weighted by Crippen LogP contribution is -2.12. The van der Waals surface area contributed by atoms with Crippen molar-refractivity contribution in [1.82, 2.24) is 0 Å².